The van der Waals surface area contributed by atoms with Crippen molar-refractivity contribution in [2.45, 2.75) is 0 Å². The topological polar surface area (TPSA) is 0 Å². The Morgan fingerprint density at radius 1 is 0.588 bits per heavy atom. The van der Waals surface area contributed by atoms with Crippen LogP contribution >= 0.6 is 0 Å². The Bertz CT molecular complexity index is 534. The second-order valence-corrected chi connectivity index (χ2v) is 8.05. The van der Waals surface area contributed by atoms with E-state index < -0.39 is 14.7 Å². The Kier molecular flexibility index (Phi) is 2.98. The molecule has 0 saturated carbocycles. The van der Waals surface area contributed by atoms with Gasteiger partial charge in [0.25, 0.3) is 0 Å². The van der Waals surface area contributed by atoms with Gasteiger partial charge in [-0.25, -0.2) is 0 Å². The summed E-state index contributed by atoms with van der Waals surface area (Å²) >= 11 is -1.15. The Balaban J connectivity index is 1.99. The van der Waals surface area contributed by atoms with Crippen LogP contribution in [0.25, 0.3) is 12.2 Å². The molecule has 0 atom stereocenters. The summed E-state index contributed by atoms with van der Waals surface area (Å²) in [5.74, 6) is 0. The molecule has 17 heavy (non-hydrogen) atoms. The third kappa shape index (κ3) is 2.28. The molecule has 0 N–H and O–H groups in total. The maximum atomic E-state index is 2.41. The summed E-state index contributed by atoms with van der Waals surface area (Å²) in [6.07, 6.45) is 4.56. The summed E-state index contributed by atoms with van der Waals surface area (Å²) in [4.78, 5) is 4.81. The molecule has 1 heterocycles. The average molecular weight is 280 g/mol. The Morgan fingerprint density at radius 2 is 1.12 bits per heavy atom. The van der Waals surface area contributed by atoms with Gasteiger partial charge in [0.05, 0.1) is 0 Å². The number of hydrogen-bond donors (Lipinski definition) is 0. The maximum absolute atomic E-state index is 2.41. The molecule has 0 aliphatic carbocycles. The fourth-order valence-electron chi connectivity index (χ4n) is 1.96. The van der Waals surface area contributed by atoms with Gasteiger partial charge in [-0.15, -0.1) is 0 Å². The van der Waals surface area contributed by atoms with E-state index in [0.29, 0.717) is 0 Å². The average Bonchev–Trinajstić information content (AvgIpc) is 2.62. The zero-order chi connectivity index (χ0) is 11.5. The molecular formula is C16H13As. The first-order valence-corrected chi connectivity index (χ1v) is 8.83. The van der Waals surface area contributed by atoms with Gasteiger partial charge in [0, 0.05) is 0 Å². The van der Waals surface area contributed by atoms with E-state index in [1.807, 2.05) is 0 Å². The minimum absolute atomic E-state index is 1.15. The molecule has 0 unspecified atom stereocenters. The fourth-order valence-corrected chi connectivity index (χ4v) is 5.32. The molecule has 0 spiro atoms. The second-order valence-electron chi connectivity index (χ2n) is 4.00. The van der Waals surface area contributed by atoms with Gasteiger partial charge in [-0.1, -0.05) is 0 Å². The van der Waals surface area contributed by atoms with E-state index in [0.717, 1.165) is 0 Å². The second kappa shape index (κ2) is 4.77. The Morgan fingerprint density at radius 3 is 1.71 bits per heavy atom. The first-order chi connectivity index (χ1) is 8.43. The number of rotatable bonds is 1. The van der Waals surface area contributed by atoms with Crippen molar-refractivity contribution < 1.29 is 0 Å². The van der Waals surface area contributed by atoms with Crippen LogP contribution in [0.4, 0.5) is 0 Å². The zero-order valence-corrected chi connectivity index (χ0v) is 11.3. The molecule has 3 rings (SSSR count). The van der Waals surface area contributed by atoms with Gasteiger partial charge in [-0.2, -0.15) is 0 Å². The van der Waals surface area contributed by atoms with Crippen molar-refractivity contribution in [2.24, 2.45) is 0 Å². The predicted molar refractivity (Wildman–Crippen MR) is 76.3 cm³/mol. The van der Waals surface area contributed by atoms with Crippen LogP contribution in [-0.4, -0.2) is 14.7 Å². The summed E-state index contributed by atoms with van der Waals surface area (Å²) in [6, 6.07) is 19.4. The molecule has 1 aliphatic rings. The third-order valence-electron chi connectivity index (χ3n) is 2.88. The van der Waals surface area contributed by atoms with Gasteiger partial charge >= 0.3 is 107 Å². The molecule has 82 valence electrons. The SMILES string of the molecule is C1=C[As](c2ccccc2)C=Cc2ccccc21. The van der Waals surface area contributed by atoms with Gasteiger partial charge < -0.3 is 0 Å². The van der Waals surface area contributed by atoms with E-state index in [1.165, 1.54) is 15.5 Å². The van der Waals surface area contributed by atoms with Crippen LogP contribution in [0.1, 0.15) is 11.1 Å². The quantitative estimate of drug-likeness (QED) is 0.704. The van der Waals surface area contributed by atoms with Crippen LogP contribution < -0.4 is 4.35 Å². The van der Waals surface area contributed by atoms with Crippen molar-refractivity contribution >= 4 is 31.2 Å². The van der Waals surface area contributed by atoms with Crippen LogP contribution in [-0.2, 0) is 0 Å². The molecule has 1 heteroatoms. The summed E-state index contributed by atoms with van der Waals surface area (Å²) in [7, 11) is 0. The molecule has 1 aliphatic heterocycles. The van der Waals surface area contributed by atoms with Crippen molar-refractivity contribution in [3.05, 3.63) is 75.5 Å². The van der Waals surface area contributed by atoms with Crippen molar-refractivity contribution in [3.8, 4) is 0 Å². The molecule has 0 aromatic heterocycles. The van der Waals surface area contributed by atoms with Gasteiger partial charge in [-0.05, 0) is 0 Å². The number of fused-ring (bicyclic) bond motifs is 1. The number of benzene rings is 2. The first kappa shape index (κ1) is 10.6. The van der Waals surface area contributed by atoms with E-state index in [1.54, 1.807) is 0 Å². The van der Waals surface area contributed by atoms with Crippen LogP contribution in [0.2, 0.25) is 0 Å². The summed E-state index contributed by atoms with van der Waals surface area (Å²) < 4.78 is 1.49. The van der Waals surface area contributed by atoms with Crippen LogP contribution in [0.5, 0.6) is 0 Å². The van der Waals surface area contributed by atoms with E-state index in [9.17, 15) is 0 Å². The Hall–Kier alpha value is -1.52. The molecule has 2 aromatic rings. The van der Waals surface area contributed by atoms with Crippen molar-refractivity contribution in [2.75, 3.05) is 0 Å². The minimum atomic E-state index is -1.15. The molecule has 0 amide bonds. The first-order valence-electron chi connectivity index (χ1n) is 5.72. The van der Waals surface area contributed by atoms with E-state index in [4.69, 9.17) is 0 Å². The molecule has 0 nitrogen and oxygen atoms in total. The fraction of sp³-hybridized carbons (Fsp3) is 0. The summed E-state index contributed by atoms with van der Waals surface area (Å²) in [6.45, 7) is 0. The van der Waals surface area contributed by atoms with Gasteiger partial charge in [0.2, 0.25) is 0 Å². The zero-order valence-electron chi connectivity index (χ0n) is 9.45. The van der Waals surface area contributed by atoms with Crippen molar-refractivity contribution in [1.29, 1.82) is 0 Å². The summed E-state index contributed by atoms with van der Waals surface area (Å²) in [5.41, 5.74) is 2.66. The Labute approximate surface area is 107 Å². The predicted octanol–water partition coefficient (Wildman–Crippen LogP) is 3.21. The van der Waals surface area contributed by atoms with Gasteiger partial charge in [0.1, 0.15) is 0 Å². The van der Waals surface area contributed by atoms with E-state index in [2.05, 4.69) is 76.5 Å². The van der Waals surface area contributed by atoms with E-state index in [-0.39, 0.29) is 0 Å². The standard InChI is InChI=1S/C16H13As/c1-2-8-16(9-3-1)17-12-10-14-6-4-5-7-15(14)11-13-17/h1-13H. The molecule has 0 fully saturated rings. The van der Waals surface area contributed by atoms with Crippen molar-refractivity contribution in [1.82, 2.24) is 0 Å². The third-order valence-corrected chi connectivity index (χ3v) is 6.73. The molecule has 0 radical (unpaired) electrons. The molecule has 0 bridgehead atoms. The molecular weight excluding hydrogens is 267 g/mol. The number of hydrogen-bond acceptors (Lipinski definition) is 0. The monoisotopic (exact) mass is 280 g/mol. The normalized spacial score (nSPS) is 14.4. The van der Waals surface area contributed by atoms with Crippen LogP contribution in [0.3, 0.4) is 0 Å². The van der Waals surface area contributed by atoms with Crippen LogP contribution in [0, 0.1) is 0 Å². The van der Waals surface area contributed by atoms with Gasteiger partial charge in [-0.3, -0.25) is 0 Å². The van der Waals surface area contributed by atoms with E-state index >= 15 is 0 Å². The summed E-state index contributed by atoms with van der Waals surface area (Å²) in [5, 5.41) is 0. The van der Waals surface area contributed by atoms with Gasteiger partial charge in [0.15, 0.2) is 0 Å². The molecule has 0 saturated heterocycles. The van der Waals surface area contributed by atoms with Crippen LogP contribution in [0.15, 0.2) is 64.3 Å². The van der Waals surface area contributed by atoms with Crippen molar-refractivity contribution in [3.63, 3.8) is 0 Å². The molecule has 2 aromatic carbocycles.